The molecule has 3 nitrogen and oxygen atoms in total. The third-order valence-electron chi connectivity index (χ3n) is 2.67. The standard InChI is InChI=1S/C11H16N2O/c1-14-11-9(4-2-7-13-11)8-10-5-3-6-12-10/h2,4,7,10,12H,3,5-6,8H2,1H3. The quantitative estimate of drug-likeness (QED) is 0.785. The minimum absolute atomic E-state index is 0.605. The van der Waals surface area contributed by atoms with Crippen LogP contribution in [-0.4, -0.2) is 24.7 Å². The first-order chi connectivity index (χ1) is 6.90. The molecule has 2 rings (SSSR count). The molecule has 1 N–H and O–H groups in total. The summed E-state index contributed by atoms with van der Waals surface area (Å²) in [5.41, 5.74) is 1.20. The summed E-state index contributed by atoms with van der Waals surface area (Å²) in [6.45, 7) is 1.15. The van der Waals surface area contributed by atoms with Crippen molar-refractivity contribution in [1.82, 2.24) is 10.3 Å². The molecule has 0 saturated carbocycles. The third kappa shape index (κ3) is 2.04. The van der Waals surface area contributed by atoms with E-state index >= 15 is 0 Å². The fraction of sp³-hybridized carbons (Fsp3) is 0.545. The Labute approximate surface area is 84.5 Å². The highest BCUT2D eigenvalue weighted by atomic mass is 16.5. The number of nitrogens with zero attached hydrogens (tertiary/aromatic N) is 1. The molecule has 1 saturated heterocycles. The zero-order valence-electron chi connectivity index (χ0n) is 8.49. The van der Waals surface area contributed by atoms with Gasteiger partial charge in [0, 0.05) is 17.8 Å². The van der Waals surface area contributed by atoms with Crippen molar-refractivity contribution < 1.29 is 4.74 Å². The minimum atomic E-state index is 0.605. The second-order valence-corrected chi connectivity index (χ2v) is 3.67. The maximum Gasteiger partial charge on any atom is 0.216 e. The van der Waals surface area contributed by atoms with Crippen molar-refractivity contribution in [3.05, 3.63) is 23.9 Å². The van der Waals surface area contributed by atoms with Gasteiger partial charge in [0.1, 0.15) is 0 Å². The number of rotatable bonds is 3. The molecule has 0 radical (unpaired) electrons. The zero-order chi connectivity index (χ0) is 9.80. The van der Waals surface area contributed by atoms with Crippen molar-refractivity contribution in [1.29, 1.82) is 0 Å². The van der Waals surface area contributed by atoms with Gasteiger partial charge in [0.05, 0.1) is 7.11 Å². The molecular formula is C11H16N2O. The molecule has 1 aromatic heterocycles. The van der Waals surface area contributed by atoms with Crippen LogP contribution in [0.3, 0.4) is 0 Å². The molecule has 1 atom stereocenters. The van der Waals surface area contributed by atoms with Crippen molar-refractivity contribution in [3.63, 3.8) is 0 Å². The smallest absolute Gasteiger partial charge is 0.216 e. The van der Waals surface area contributed by atoms with Crippen LogP contribution >= 0.6 is 0 Å². The number of nitrogens with one attached hydrogen (secondary N) is 1. The van der Waals surface area contributed by atoms with Crippen molar-refractivity contribution >= 4 is 0 Å². The molecular weight excluding hydrogens is 176 g/mol. The van der Waals surface area contributed by atoms with E-state index in [2.05, 4.69) is 16.4 Å². The van der Waals surface area contributed by atoms with E-state index in [1.807, 2.05) is 6.07 Å². The molecule has 0 aromatic carbocycles. The van der Waals surface area contributed by atoms with Gasteiger partial charge in [-0.05, 0) is 31.9 Å². The Morgan fingerprint density at radius 3 is 3.29 bits per heavy atom. The first-order valence-electron chi connectivity index (χ1n) is 5.11. The Bertz CT molecular complexity index is 295. The summed E-state index contributed by atoms with van der Waals surface area (Å²) in [6, 6.07) is 4.66. The SMILES string of the molecule is COc1ncccc1CC1CCCN1. The zero-order valence-corrected chi connectivity index (χ0v) is 8.49. The normalized spacial score (nSPS) is 21.1. The highest BCUT2D eigenvalue weighted by Gasteiger charge is 2.16. The molecule has 3 heteroatoms. The molecule has 1 fully saturated rings. The van der Waals surface area contributed by atoms with Crippen LogP contribution in [0.5, 0.6) is 5.88 Å². The van der Waals surface area contributed by atoms with E-state index in [4.69, 9.17) is 4.74 Å². The summed E-state index contributed by atoms with van der Waals surface area (Å²) in [7, 11) is 1.67. The van der Waals surface area contributed by atoms with Crippen LogP contribution in [0, 0.1) is 0 Å². The Hall–Kier alpha value is -1.09. The van der Waals surface area contributed by atoms with E-state index < -0.39 is 0 Å². The van der Waals surface area contributed by atoms with Crippen molar-refractivity contribution in [2.24, 2.45) is 0 Å². The molecule has 0 spiro atoms. The minimum Gasteiger partial charge on any atom is -0.481 e. The number of ether oxygens (including phenoxy) is 1. The molecule has 1 aliphatic heterocycles. The fourth-order valence-electron chi connectivity index (χ4n) is 1.96. The predicted octanol–water partition coefficient (Wildman–Crippen LogP) is 1.38. The molecule has 2 heterocycles. The summed E-state index contributed by atoms with van der Waals surface area (Å²) in [4.78, 5) is 4.19. The van der Waals surface area contributed by atoms with Gasteiger partial charge in [0.25, 0.3) is 0 Å². The van der Waals surface area contributed by atoms with Gasteiger partial charge in [-0.25, -0.2) is 4.98 Å². The van der Waals surface area contributed by atoms with Crippen LogP contribution in [0.1, 0.15) is 18.4 Å². The van der Waals surface area contributed by atoms with Crippen molar-refractivity contribution in [2.45, 2.75) is 25.3 Å². The van der Waals surface area contributed by atoms with Crippen molar-refractivity contribution in [3.8, 4) is 5.88 Å². The van der Waals surface area contributed by atoms with Crippen LogP contribution in [0.15, 0.2) is 18.3 Å². The maximum atomic E-state index is 5.22. The molecule has 0 bridgehead atoms. The topological polar surface area (TPSA) is 34.1 Å². The van der Waals surface area contributed by atoms with E-state index in [1.54, 1.807) is 13.3 Å². The lowest BCUT2D eigenvalue weighted by Crippen LogP contribution is -2.23. The maximum absolute atomic E-state index is 5.22. The summed E-state index contributed by atoms with van der Waals surface area (Å²) in [6.07, 6.45) is 5.34. The first kappa shape index (κ1) is 9.46. The van der Waals surface area contributed by atoms with Crippen LogP contribution in [0.2, 0.25) is 0 Å². The van der Waals surface area contributed by atoms with Gasteiger partial charge >= 0.3 is 0 Å². The summed E-state index contributed by atoms with van der Waals surface area (Å²) in [5, 5.41) is 3.47. The molecule has 0 amide bonds. The molecule has 1 aliphatic rings. The number of hydrogen-bond donors (Lipinski definition) is 1. The highest BCUT2D eigenvalue weighted by molar-refractivity contribution is 5.26. The lowest BCUT2D eigenvalue weighted by Gasteiger charge is -2.11. The largest absolute Gasteiger partial charge is 0.481 e. The molecule has 1 aromatic rings. The average molecular weight is 192 g/mol. The van der Waals surface area contributed by atoms with Gasteiger partial charge in [-0.15, -0.1) is 0 Å². The van der Waals surface area contributed by atoms with Crippen molar-refractivity contribution in [2.75, 3.05) is 13.7 Å². The second-order valence-electron chi connectivity index (χ2n) is 3.67. The van der Waals surface area contributed by atoms with Crippen LogP contribution in [-0.2, 0) is 6.42 Å². The third-order valence-corrected chi connectivity index (χ3v) is 2.67. The van der Waals surface area contributed by atoms with Gasteiger partial charge in [-0.2, -0.15) is 0 Å². The van der Waals surface area contributed by atoms with E-state index in [9.17, 15) is 0 Å². The lowest BCUT2D eigenvalue weighted by atomic mass is 10.1. The second kappa shape index (κ2) is 4.42. The Morgan fingerprint density at radius 2 is 2.57 bits per heavy atom. The Kier molecular flexibility index (Phi) is 2.99. The van der Waals surface area contributed by atoms with Crippen LogP contribution < -0.4 is 10.1 Å². The fourth-order valence-corrected chi connectivity index (χ4v) is 1.96. The monoisotopic (exact) mass is 192 g/mol. The van der Waals surface area contributed by atoms with Gasteiger partial charge < -0.3 is 10.1 Å². The summed E-state index contributed by atoms with van der Waals surface area (Å²) >= 11 is 0. The average Bonchev–Trinajstić information content (AvgIpc) is 2.71. The Morgan fingerprint density at radius 1 is 1.64 bits per heavy atom. The van der Waals surface area contributed by atoms with Crippen LogP contribution in [0.4, 0.5) is 0 Å². The predicted molar refractivity (Wildman–Crippen MR) is 55.5 cm³/mol. The van der Waals surface area contributed by atoms with E-state index in [0.29, 0.717) is 6.04 Å². The van der Waals surface area contributed by atoms with E-state index in [1.165, 1.54) is 18.4 Å². The molecule has 1 unspecified atom stereocenters. The molecule has 14 heavy (non-hydrogen) atoms. The lowest BCUT2D eigenvalue weighted by molar-refractivity contribution is 0.390. The number of methoxy groups -OCH3 is 1. The molecule has 0 aliphatic carbocycles. The first-order valence-corrected chi connectivity index (χ1v) is 5.11. The Balaban J connectivity index is 2.07. The van der Waals surface area contributed by atoms with Crippen LogP contribution in [0.25, 0.3) is 0 Å². The highest BCUT2D eigenvalue weighted by Crippen LogP contribution is 2.18. The number of pyridine rings is 1. The summed E-state index contributed by atoms with van der Waals surface area (Å²) < 4.78 is 5.22. The van der Waals surface area contributed by atoms with Gasteiger partial charge in [0.2, 0.25) is 5.88 Å². The molecule has 76 valence electrons. The number of aromatic nitrogens is 1. The van der Waals surface area contributed by atoms with E-state index in [-0.39, 0.29) is 0 Å². The van der Waals surface area contributed by atoms with E-state index in [0.717, 1.165) is 18.8 Å². The summed E-state index contributed by atoms with van der Waals surface area (Å²) in [5.74, 6) is 0.765. The van der Waals surface area contributed by atoms with Gasteiger partial charge in [0.15, 0.2) is 0 Å². The van der Waals surface area contributed by atoms with Gasteiger partial charge in [-0.1, -0.05) is 6.07 Å². The number of hydrogen-bond acceptors (Lipinski definition) is 3. The van der Waals surface area contributed by atoms with Gasteiger partial charge in [-0.3, -0.25) is 0 Å².